The van der Waals surface area contributed by atoms with Crippen molar-refractivity contribution in [1.29, 1.82) is 0 Å². The Balaban J connectivity index is 1.66. The van der Waals surface area contributed by atoms with Crippen LogP contribution in [-0.4, -0.2) is 41.3 Å². The summed E-state index contributed by atoms with van der Waals surface area (Å²) in [5, 5.41) is 9.60. The Bertz CT molecular complexity index is 621. The monoisotopic (exact) mass is 307 g/mol. The zero-order valence-corrected chi connectivity index (χ0v) is 12.3. The lowest BCUT2D eigenvalue weighted by molar-refractivity contribution is -0.137. The minimum atomic E-state index is -0.0955. The molecule has 2 amide bonds. The predicted molar refractivity (Wildman–Crippen MR) is 78.7 cm³/mol. The van der Waals surface area contributed by atoms with Gasteiger partial charge in [0.05, 0.1) is 18.7 Å². The largest absolute Gasteiger partial charge is 0.353 e. The molecule has 0 aromatic carbocycles. The standard InChI is InChI=1S/C13H13N3O2S2/c17-11-6-16(3-2-14-11)12(18)5-10-8-20-13(15-10)9-1-4-19-7-9/h1,4,7-8H,2-3,5-6H2,(H,14,17). The van der Waals surface area contributed by atoms with Gasteiger partial charge in [0.25, 0.3) is 0 Å². The molecule has 0 unspecified atom stereocenters. The normalized spacial score (nSPS) is 15.2. The van der Waals surface area contributed by atoms with Crippen molar-refractivity contribution in [3.05, 3.63) is 27.9 Å². The number of nitrogens with zero attached hydrogens (tertiary/aromatic N) is 2. The summed E-state index contributed by atoms with van der Waals surface area (Å²) in [5.41, 5.74) is 1.86. The van der Waals surface area contributed by atoms with E-state index in [9.17, 15) is 9.59 Å². The maximum atomic E-state index is 12.1. The molecule has 2 aromatic heterocycles. The van der Waals surface area contributed by atoms with E-state index in [1.807, 2.05) is 22.2 Å². The van der Waals surface area contributed by atoms with Gasteiger partial charge in [-0.2, -0.15) is 11.3 Å². The van der Waals surface area contributed by atoms with Crippen molar-refractivity contribution < 1.29 is 9.59 Å². The molecule has 0 aliphatic carbocycles. The van der Waals surface area contributed by atoms with E-state index in [-0.39, 0.29) is 24.8 Å². The third-order valence-electron chi connectivity index (χ3n) is 3.04. The van der Waals surface area contributed by atoms with Crippen LogP contribution in [0, 0.1) is 0 Å². The summed E-state index contributed by atoms with van der Waals surface area (Å²) >= 11 is 3.17. The first-order valence-corrected chi connectivity index (χ1v) is 8.06. The Morgan fingerprint density at radius 1 is 1.45 bits per heavy atom. The van der Waals surface area contributed by atoms with Crippen molar-refractivity contribution in [3.63, 3.8) is 0 Å². The fraction of sp³-hybridized carbons (Fsp3) is 0.308. The van der Waals surface area contributed by atoms with E-state index in [4.69, 9.17) is 0 Å². The minimum Gasteiger partial charge on any atom is -0.353 e. The van der Waals surface area contributed by atoms with Crippen molar-refractivity contribution in [2.24, 2.45) is 0 Å². The zero-order chi connectivity index (χ0) is 13.9. The van der Waals surface area contributed by atoms with Crippen molar-refractivity contribution in [2.45, 2.75) is 6.42 Å². The number of rotatable bonds is 3. The maximum absolute atomic E-state index is 12.1. The van der Waals surface area contributed by atoms with Crippen LogP contribution in [0.3, 0.4) is 0 Å². The van der Waals surface area contributed by atoms with Gasteiger partial charge < -0.3 is 10.2 Å². The number of hydrogen-bond acceptors (Lipinski definition) is 5. The molecule has 0 radical (unpaired) electrons. The van der Waals surface area contributed by atoms with E-state index in [0.29, 0.717) is 13.1 Å². The molecule has 2 aromatic rings. The first-order chi connectivity index (χ1) is 9.72. The summed E-state index contributed by atoms with van der Waals surface area (Å²) in [5.74, 6) is -0.135. The molecular weight excluding hydrogens is 294 g/mol. The molecule has 0 spiro atoms. The fourth-order valence-corrected chi connectivity index (χ4v) is 3.56. The predicted octanol–water partition coefficient (Wildman–Crippen LogP) is 1.37. The van der Waals surface area contributed by atoms with E-state index in [1.54, 1.807) is 27.6 Å². The van der Waals surface area contributed by atoms with Gasteiger partial charge in [0.1, 0.15) is 5.01 Å². The number of carbonyl (C=O) groups is 2. The van der Waals surface area contributed by atoms with Crippen molar-refractivity contribution in [3.8, 4) is 10.6 Å². The molecule has 104 valence electrons. The lowest BCUT2D eigenvalue weighted by Gasteiger charge is -2.26. The molecule has 1 N–H and O–H groups in total. The van der Waals surface area contributed by atoms with Crippen LogP contribution in [0.5, 0.6) is 0 Å². The molecule has 1 fully saturated rings. The van der Waals surface area contributed by atoms with Gasteiger partial charge in [-0.25, -0.2) is 4.98 Å². The van der Waals surface area contributed by atoms with Crippen LogP contribution in [0.25, 0.3) is 10.6 Å². The van der Waals surface area contributed by atoms with Crippen LogP contribution in [0.4, 0.5) is 0 Å². The van der Waals surface area contributed by atoms with Gasteiger partial charge in [0, 0.05) is 29.4 Å². The van der Waals surface area contributed by atoms with Crippen molar-refractivity contribution in [2.75, 3.05) is 19.6 Å². The van der Waals surface area contributed by atoms with Crippen LogP contribution in [0.2, 0.25) is 0 Å². The Hall–Kier alpha value is -1.73. The number of amides is 2. The van der Waals surface area contributed by atoms with Crippen LogP contribution in [0.15, 0.2) is 22.2 Å². The van der Waals surface area contributed by atoms with Crippen LogP contribution >= 0.6 is 22.7 Å². The molecule has 7 heteroatoms. The average molecular weight is 307 g/mol. The zero-order valence-electron chi connectivity index (χ0n) is 10.7. The van der Waals surface area contributed by atoms with Crippen LogP contribution in [0.1, 0.15) is 5.69 Å². The number of hydrogen-bond donors (Lipinski definition) is 1. The first kappa shape index (κ1) is 13.3. The van der Waals surface area contributed by atoms with Crippen molar-refractivity contribution >= 4 is 34.5 Å². The van der Waals surface area contributed by atoms with E-state index >= 15 is 0 Å². The third kappa shape index (κ3) is 2.88. The molecule has 20 heavy (non-hydrogen) atoms. The quantitative estimate of drug-likeness (QED) is 0.931. The van der Waals surface area contributed by atoms with E-state index in [0.717, 1.165) is 16.3 Å². The summed E-state index contributed by atoms with van der Waals surface area (Å²) in [4.78, 5) is 29.5. The van der Waals surface area contributed by atoms with Gasteiger partial charge in [-0.15, -0.1) is 11.3 Å². The second kappa shape index (κ2) is 5.72. The van der Waals surface area contributed by atoms with Gasteiger partial charge in [-0.05, 0) is 11.4 Å². The minimum absolute atomic E-state index is 0.0398. The Morgan fingerprint density at radius 2 is 2.35 bits per heavy atom. The highest BCUT2D eigenvalue weighted by molar-refractivity contribution is 7.14. The Morgan fingerprint density at radius 3 is 3.10 bits per heavy atom. The highest BCUT2D eigenvalue weighted by Gasteiger charge is 2.21. The molecule has 1 aliphatic heterocycles. The molecule has 0 saturated carbocycles. The van der Waals surface area contributed by atoms with Gasteiger partial charge >= 0.3 is 0 Å². The topological polar surface area (TPSA) is 62.3 Å². The summed E-state index contributed by atoms with van der Waals surface area (Å²) in [6.45, 7) is 1.26. The van der Waals surface area contributed by atoms with E-state index < -0.39 is 0 Å². The lowest BCUT2D eigenvalue weighted by atomic mass is 10.2. The van der Waals surface area contributed by atoms with Gasteiger partial charge in [-0.1, -0.05) is 0 Å². The van der Waals surface area contributed by atoms with E-state index in [1.165, 1.54) is 0 Å². The highest BCUT2D eigenvalue weighted by atomic mass is 32.1. The summed E-state index contributed by atoms with van der Waals surface area (Å²) in [6.07, 6.45) is 0.258. The second-order valence-corrected chi connectivity index (χ2v) is 6.14. The molecule has 0 atom stereocenters. The van der Waals surface area contributed by atoms with E-state index in [2.05, 4.69) is 10.3 Å². The third-order valence-corrected chi connectivity index (χ3v) is 4.67. The first-order valence-electron chi connectivity index (χ1n) is 6.24. The van der Waals surface area contributed by atoms with Gasteiger partial charge in [-0.3, -0.25) is 9.59 Å². The number of thiazole rings is 1. The molecule has 3 heterocycles. The summed E-state index contributed by atoms with van der Waals surface area (Å²) < 4.78 is 0. The van der Waals surface area contributed by atoms with Crippen LogP contribution in [-0.2, 0) is 16.0 Å². The number of piperazine rings is 1. The highest BCUT2D eigenvalue weighted by Crippen LogP contribution is 2.25. The molecular formula is C13H13N3O2S2. The number of carbonyl (C=O) groups excluding carboxylic acids is 2. The van der Waals surface area contributed by atoms with Crippen molar-refractivity contribution in [1.82, 2.24) is 15.2 Å². The average Bonchev–Trinajstić information content (AvgIpc) is 3.08. The number of nitrogens with one attached hydrogen (secondary N) is 1. The Labute approximate surface area is 124 Å². The van der Waals surface area contributed by atoms with Gasteiger partial charge in [0.2, 0.25) is 11.8 Å². The number of aromatic nitrogens is 1. The lowest BCUT2D eigenvalue weighted by Crippen LogP contribution is -2.50. The maximum Gasteiger partial charge on any atom is 0.239 e. The summed E-state index contributed by atoms with van der Waals surface area (Å²) in [7, 11) is 0. The summed E-state index contributed by atoms with van der Waals surface area (Å²) in [6, 6.07) is 2.02. The van der Waals surface area contributed by atoms with Crippen LogP contribution < -0.4 is 5.32 Å². The SMILES string of the molecule is O=C1CN(C(=O)Cc2csc(-c3ccsc3)n2)CCN1. The van der Waals surface area contributed by atoms with Gasteiger partial charge in [0.15, 0.2) is 0 Å². The molecule has 5 nitrogen and oxygen atoms in total. The Kier molecular flexibility index (Phi) is 3.79. The fourth-order valence-electron chi connectivity index (χ4n) is 2.03. The molecule has 1 aliphatic rings. The molecule has 1 saturated heterocycles. The smallest absolute Gasteiger partial charge is 0.239 e. The molecule has 3 rings (SSSR count). The second-order valence-electron chi connectivity index (χ2n) is 4.50. The number of thiophene rings is 1. The molecule has 0 bridgehead atoms.